The predicted molar refractivity (Wildman–Crippen MR) is 158 cm³/mol. The van der Waals surface area contributed by atoms with Gasteiger partial charge in [0.25, 0.3) is 0 Å². The van der Waals surface area contributed by atoms with E-state index in [1.165, 1.54) is 0 Å². The molecule has 0 aliphatic rings. The molecule has 39 heavy (non-hydrogen) atoms. The molecule has 4 rings (SSSR count). The first-order chi connectivity index (χ1) is 18.8. The molecule has 0 aromatic heterocycles. The number of phenolic OH excluding ortho intramolecular Hbond substituents is 2. The SMILES string of the molecule is CCc1cc(Sc2cc(C)c(O)c(C(C)c3ccc(C=O)cc3)c2)cc(C(CC)c2ccc(C=O)cc2)c1O. The Labute approximate surface area is 234 Å². The van der Waals surface area contributed by atoms with E-state index >= 15 is 0 Å². The number of carbonyl (C=O) groups excluding carboxylic acids is 2. The van der Waals surface area contributed by atoms with Crippen molar-refractivity contribution in [3.8, 4) is 11.5 Å². The average Bonchev–Trinajstić information content (AvgIpc) is 2.96. The maximum atomic E-state index is 11.2. The van der Waals surface area contributed by atoms with Gasteiger partial charge < -0.3 is 10.2 Å². The van der Waals surface area contributed by atoms with Crippen LogP contribution < -0.4 is 0 Å². The zero-order valence-corrected chi connectivity index (χ0v) is 23.6. The second kappa shape index (κ2) is 12.4. The topological polar surface area (TPSA) is 74.6 Å². The van der Waals surface area contributed by atoms with E-state index < -0.39 is 0 Å². The summed E-state index contributed by atoms with van der Waals surface area (Å²) in [6, 6.07) is 23.1. The first-order valence-corrected chi connectivity index (χ1v) is 14.1. The number of aromatic hydroxyl groups is 2. The van der Waals surface area contributed by atoms with Gasteiger partial charge in [0, 0.05) is 43.9 Å². The van der Waals surface area contributed by atoms with Gasteiger partial charge in [0.2, 0.25) is 0 Å². The Morgan fingerprint density at radius 3 is 1.82 bits per heavy atom. The van der Waals surface area contributed by atoms with Crippen LogP contribution in [-0.4, -0.2) is 22.8 Å². The van der Waals surface area contributed by atoms with Crippen molar-refractivity contribution in [3.63, 3.8) is 0 Å². The summed E-state index contributed by atoms with van der Waals surface area (Å²) in [5.74, 6) is 0.522. The summed E-state index contributed by atoms with van der Waals surface area (Å²) < 4.78 is 0. The summed E-state index contributed by atoms with van der Waals surface area (Å²) in [5.41, 5.74) is 6.70. The molecule has 4 nitrogen and oxygen atoms in total. The summed E-state index contributed by atoms with van der Waals surface area (Å²) >= 11 is 1.61. The largest absolute Gasteiger partial charge is 0.507 e. The van der Waals surface area contributed by atoms with E-state index in [9.17, 15) is 19.8 Å². The Balaban J connectivity index is 1.72. The van der Waals surface area contributed by atoms with Crippen LogP contribution in [0.5, 0.6) is 11.5 Å². The molecule has 5 heteroatoms. The molecule has 0 bridgehead atoms. The number of rotatable bonds is 10. The number of carbonyl (C=O) groups is 2. The van der Waals surface area contributed by atoms with Gasteiger partial charge in [-0.1, -0.05) is 81.1 Å². The smallest absolute Gasteiger partial charge is 0.150 e. The van der Waals surface area contributed by atoms with Gasteiger partial charge >= 0.3 is 0 Å². The summed E-state index contributed by atoms with van der Waals surface area (Å²) in [7, 11) is 0. The lowest BCUT2D eigenvalue weighted by molar-refractivity contribution is 0.111. The Kier molecular flexibility index (Phi) is 8.93. The lowest BCUT2D eigenvalue weighted by Gasteiger charge is -2.21. The van der Waals surface area contributed by atoms with Crippen LogP contribution in [0, 0.1) is 6.92 Å². The van der Waals surface area contributed by atoms with E-state index in [1.807, 2.05) is 68.4 Å². The van der Waals surface area contributed by atoms with Crippen molar-refractivity contribution < 1.29 is 19.8 Å². The second-order valence-electron chi connectivity index (χ2n) is 9.91. The molecule has 0 spiro atoms. The normalized spacial score (nSPS) is 12.6. The Morgan fingerprint density at radius 2 is 1.28 bits per heavy atom. The Morgan fingerprint density at radius 1 is 0.744 bits per heavy atom. The average molecular weight is 539 g/mol. The van der Waals surface area contributed by atoms with Crippen molar-refractivity contribution in [1.82, 2.24) is 0 Å². The molecule has 4 aromatic carbocycles. The summed E-state index contributed by atoms with van der Waals surface area (Å²) in [6.07, 6.45) is 3.16. The van der Waals surface area contributed by atoms with Gasteiger partial charge in [0.1, 0.15) is 24.1 Å². The molecule has 2 N–H and O–H groups in total. The molecule has 0 saturated carbocycles. The van der Waals surface area contributed by atoms with Crippen LogP contribution in [0.15, 0.2) is 82.6 Å². The predicted octanol–water partition coefficient (Wildman–Crippen LogP) is 8.44. The van der Waals surface area contributed by atoms with Gasteiger partial charge in [-0.15, -0.1) is 0 Å². The first-order valence-electron chi connectivity index (χ1n) is 13.3. The van der Waals surface area contributed by atoms with Gasteiger partial charge in [-0.3, -0.25) is 9.59 Å². The van der Waals surface area contributed by atoms with Crippen molar-refractivity contribution in [2.75, 3.05) is 0 Å². The molecule has 2 unspecified atom stereocenters. The van der Waals surface area contributed by atoms with Crippen LogP contribution in [-0.2, 0) is 6.42 Å². The highest BCUT2D eigenvalue weighted by Gasteiger charge is 2.21. The van der Waals surface area contributed by atoms with Gasteiger partial charge in [0.15, 0.2) is 0 Å². The molecule has 0 aliphatic heterocycles. The third kappa shape index (κ3) is 6.10. The maximum Gasteiger partial charge on any atom is 0.150 e. The minimum Gasteiger partial charge on any atom is -0.507 e. The quantitative estimate of drug-likeness (QED) is 0.198. The van der Waals surface area contributed by atoms with Crippen LogP contribution >= 0.6 is 11.8 Å². The molecule has 4 aromatic rings. The van der Waals surface area contributed by atoms with Gasteiger partial charge in [-0.05, 0) is 66.3 Å². The highest BCUT2D eigenvalue weighted by Crippen LogP contribution is 2.43. The lowest BCUT2D eigenvalue weighted by Crippen LogP contribution is -2.03. The molecule has 0 saturated heterocycles. The van der Waals surface area contributed by atoms with Crippen molar-refractivity contribution >= 4 is 24.3 Å². The number of phenols is 2. The molecule has 0 fully saturated rings. The minimum absolute atomic E-state index is 0.0111. The van der Waals surface area contributed by atoms with Crippen LogP contribution in [0.4, 0.5) is 0 Å². The minimum atomic E-state index is -0.0645. The second-order valence-corrected chi connectivity index (χ2v) is 11.1. The van der Waals surface area contributed by atoms with Crippen molar-refractivity contribution in [2.24, 2.45) is 0 Å². The zero-order chi connectivity index (χ0) is 28.1. The van der Waals surface area contributed by atoms with Crippen LogP contribution in [0.3, 0.4) is 0 Å². The Hall–Kier alpha value is -3.83. The molecule has 0 heterocycles. The Bertz CT molecular complexity index is 1470. The fourth-order valence-electron chi connectivity index (χ4n) is 5.07. The fraction of sp³-hybridized carbons (Fsp3) is 0.235. The maximum absolute atomic E-state index is 11.2. The molecule has 200 valence electrons. The lowest BCUT2D eigenvalue weighted by atomic mass is 9.87. The van der Waals surface area contributed by atoms with Crippen molar-refractivity contribution in [1.29, 1.82) is 0 Å². The fourth-order valence-corrected chi connectivity index (χ4v) is 6.15. The van der Waals surface area contributed by atoms with Gasteiger partial charge in [-0.25, -0.2) is 0 Å². The number of hydrogen-bond acceptors (Lipinski definition) is 5. The first kappa shape index (κ1) is 28.2. The number of aldehydes is 2. The number of benzene rings is 4. The summed E-state index contributed by atoms with van der Waals surface area (Å²) in [4.78, 5) is 24.2. The van der Waals surface area contributed by atoms with E-state index in [0.29, 0.717) is 23.3 Å². The van der Waals surface area contributed by atoms with Gasteiger partial charge in [-0.2, -0.15) is 0 Å². The zero-order valence-electron chi connectivity index (χ0n) is 22.8. The molecular weight excluding hydrogens is 504 g/mol. The monoisotopic (exact) mass is 538 g/mol. The van der Waals surface area contributed by atoms with Crippen molar-refractivity contribution in [2.45, 2.75) is 62.2 Å². The van der Waals surface area contributed by atoms with E-state index in [-0.39, 0.29) is 17.6 Å². The molecule has 0 aliphatic carbocycles. The van der Waals surface area contributed by atoms with E-state index in [1.54, 1.807) is 23.9 Å². The van der Waals surface area contributed by atoms with E-state index in [4.69, 9.17) is 0 Å². The van der Waals surface area contributed by atoms with Crippen LogP contribution in [0.2, 0.25) is 0 Å². The third-order valence-electron chi connectivity index (χ3n) is 7.41. The van der Waals surface area contributed by atoms with E-state index in [2.05, 4.69) is 19.9 Å². The molecule has 0 radical (unpaired) electrons. The van der Waals surface area contributed by atoms with Crippen LogP contribution in [0.25, 0.3) is 0 Å². The van der Waals surface area contributed by atoms with Gasteiger partial charge in [0.05, 0.1) is 0 Å². The standard InChI is InChI=1S/C34H34O4S/c1-5-25-16-29(18-32(34(25)38)30(6-2)27-13-9-24(20-36)10-14-27)39-28-15-21(3)33(37)31(17-28)22(4)26-11-7-23(19-35)8-12-26/h7-20,22,30,37-38H,5-6H2,1-4H3. The summed E-state index contributed by atoms with van der Waals surface area (Å²) in [5, 5.41) is 22.1. The highest BCUT2D eigenvalue weighted by molar-refractivity contribution is 7.99. The number of aryl methyl sites for hydroxylation is 2. The van der Waals surface area contributed by atoms with E-state index in [0.717, 1.165) is 62.2 Å². The molecule has 2 atom stereocenters. The molecular formula is C34H34O4S. The third-order valence-corrected chi connectivity index (χ3v) is 8.35. The molecule has 0 amide bonds. The number of hydrogen-bond donors (Lipinski definition) is 2. The summed E-state index contributed by atoms with van der Waals surface area (Å²) in [6.45, 7) is 8.09. The highest BCUT2D eigenvalue weighted by atomic mass is 32.2. The van der Waals surface area contributed by atoms with Crippen LogP contribution in [0.1, 0.15) is 93.1 Å². The van der Waals surface area contributed by atoms with Crippen molar-refractivity contribution in [3.05, 3.63) is 117 Å².